The number of ether oxygens (including phenoxy) is 1. The van der Waals surface area contributed by atoms with Gasteiger partial charge < -0.3 is 9.15 Å². The third kappa shape index (κ3) is 3.53. The number of benzene rings is 2. The minimum Gasteiger partial charge on any atom is -0.491 e. The maximum Gasteiger partial charge on any atom is 0.297 e. The molecule has 0 aliphatic carbocycles. The van der Waals surface area contributed by atoms with E-state index < -0.39 is 6.04 Å². The second kappa shape index (κ2) is 7.85. The summed E-state index contributed by atoms with van der Waals surface area (Å²) in [5.41, 5.74) is 3.17. The summed E-state index contributed by atoms with van der Waals surface area (Å²) in [5.74, 6) is 0.451. The number of hydrogen-bond acceptors (Lipinski definition) is 6. The Hall–Kier alpha value is -3.45. The zero-order valence-corrected chi connectivity index (χ0v) is 19.9. The summed E-state index contributed by atoms with van der Waals surface area (Å²) >= 11 is 1.43. The Morgan fingerprint density at radius 3 is 2.42 bits per heavy atom. The zero-order chi connectivity index (χ0) is 23.4. The highest BCUT2D eigenvalue weighted by atomic mass is 32.1. The van der Waals surface area contributed by atoms with Crippen LogP contribution in [0.2, 0.25) is 0 Å². The van der Waals surface area contributed by atoms with Gasteiger partial charge >= 0.3 is 0 Å². The van der Waals surface area contributed by atoms with Crippen LogP contribution in [0.1, 0.15) is 57.7 Å². The summed E-state index contributed by atoms with van der Waals surface area (Å²) in [4.78, 5) is 34.5. The predicted octanol–water partition coefficient (Wildman–Crippen LogP) is 5.71. The van der Waals surface area contributed by atoms with E-state index >= 15 is 0 Å². The number of amides is 1. The first-order valence-corrected chi connectivity index (χ1v) is 11.7. The second-order valence-corrected chi connectivity index (χ2v) is 9.81. The van der Waals surface area contributed by atoms with Crippen LogP contribution in [0, 0.1) is 20.8 Å². The van der Waals surface area contributed by atoms with Gasteiger partial charge in [-0.05, 0) is 64.4 Å². The van der Waals surface area contributed by atoms with Gasteiger partial charge in [-0.15, -0.1) is 11.3 Å². The molecule has 0 spiro atoms. The molecule has 0 bridgehead atoms. The van der Waals surface area contributed by atoms with Crippen LogP contribution in [0.4, 0.5) is 5.13 Å². The third-order valence-corrected chi connectivity index (χ3v) is 6.89. The SMILES string of the molecule is Cc1ccc2oc3c(c(=O)c2c1)[C@H](c1ccc(OC(C)C)cc1)N(c1nc(C)c(C)s1)C3=O. The lowest BCUT2D eigenvalue weighted by atomic mass is 9.98. The van der Waals surface area contributed by atoms with E-state index in [9.17, 15) is 9.59 Å². The van der Waals surface area contributed by atoms with Crippen molar-refractivity contribution in [2.75, 3.05) is 4.90 Å². The quantitative estimate of drug-likeness (QED) is 0.390. The van der Waals surface area contributed by atoms with Crippen molar-refractivity contribution >= 4 is 33.3 Å². The highest BCUT2D eigenvalue weighted by molar-refractivity contribution is 7.15. The van der Waals surface area contributed by atoms with Crippen LogP contribution in [0.15, 0.2) is 51.7 Å². The number of rotatable bonds is 4. The lowest BCUT2D eigenvalue weighted by molar-refractivity contribution is 0.0971. The van der Waals surface area contributed by atoms with Crippen molar-refractivity contribution in [2.45, 2.75) is 46.8 Å². The van der Waals surface area contributed by atoms with Crippen LogP contribution in [0.5, 0.6) is 5.75 Å². The van der Waals surface area contributed by atoms with Crippen molar-refractivity contribution in [2.24, 2.45) is 0 Å². The molecule has 1 aliphatic rings. The van der Waals surface area contributed by atoms with Gasteiger partial charge in [-0.2, -0.15) is 0 Å². The van der Waals surface area contributed by atoms with E-state index in [-0.39, 0.29) is 23.2 Å². The molecule has 6 nitrogen and oxygen atoms in total. The molecule has 2 aromatic carbocycles. The van der Waals surface area contributed by atoms with Crippen LogP contribution < -0.4 is 15.1 Å². The number of fused-ring (bicyclic) bond motifs is 2. The first-order valence-electron chi connectivity index (χ1n) is 10.9. The van der Waals surface area contributed by atoms with E-state index in [1.165, 1.54) is 11.3 Å². The molecule has 5 rings (SSSR count). The molecule has 0 radical (unpaired) electrons. The molecule has 0 saturated heterocycles. The summed E-state index contributed by atoms with van der Waals surface area (Å²) in [6.45, 7) is 9.74. The molecule has 3 heterocycles. The minimum absolute atomic E-state index is 0.0454. The monoisotopic (exact) mass is 460 g/mol. The van der Waals surface area contributed by atoms with Crippen molar-refractivity contribution in [1.82, 2.24) is 4.98 Å². The Morgan fingerprint density at radius 1 is 1.06 bits per heavy atom. The second-order valence-electron chi connectivity index (χ2n) is 8.62. The lowest BCUT2D eigenvalue weighted by Gasteiger charge is -2.23. The van der Waals surface area contributed by atoms with Gasteiger partial charge in [0.1, 0.15) is 11.3 Å². The first kappa shape index (κ1) is 21.4. The Labute approximate surface area is 195 Å². The fourth-order valence-corrected chi connectivity index (χ4v) is 5.10. The van der Waals surface area contributed by atoms with E-state index in [2.05, 4.69) is 4.98 Å². The van der Waals surface area contributed by atoms with Gasteiger partial charge in [-0.25, -0.2) is 4.98 Å². The average molecular weight is 461 g/mol. The summed E-state index contributed by atoms with van der Waals surface area (Å²) < 4.78 is 11.8. The summed E-state index contributed by atoms with van der Waals surface area (Å²) in [6, 6.07) is 12.3. The molecule has 1 atom stereocenters. The molecule has 2 aromatic heterocycles. The van der Waals surface area contributed by atoms with Gasteiger partial charge in [0.2, 0.25) is 5.76 Å². The number of aryl methyl sites for hydroxylation is 3. The molecule has 0 unspecified atom stereocenters. The number of aromatic nitrogens is 1. The molecule has 33 heavy (non-hydrogen) atoms. The Bertz CT molecular complexity index is 1430. The third-order valence-electron chi connectivity index (χ3n) is 5.82. The van der Waals surface area contributed by atoms with Gasteiger partial charge in [-0.3, -0.25) is 14.5 Å². The Kier molecular flexibility index (Phi) is 5.09. The number of nitrogens with zero attached hydrogens (tertiary/aromatic N) is 2. The molecule has 7 heteroatoms. The van der Waals surface area contributed by atoms with Gasteiger partial charge in [0, 0.05) is 4.88 Å². The van der Waals surface area contributed by atoms with Crippen LogP contribution in [-0.2, 0) is 0 Å². The number of thiazole rings is 1. The van der Waals surface area contributed by atoms with Crippen LogP contribution in [0.25, 0.3) is 11.0 Å². The van der Waals surface area contributed by atoms with Crippen molar-refractivity contribution in [1.29, 1.82) is 0 Å². The average Bonchev–Trinajstić information content (AvgIpc) is 3.25. The molecule has 1 aliphatic heterocycles. The number of carbonyl (C=O) groups excluding carboxylic acids is 1. The van der Waals surface area contributed by atoms with E-state index in [0.29, 0.717) is 21.7 Å². The normalized spacial score (nSPS) is 15.5. The molecule has 1 amide bonds. The maximum absolute atomic E-state index is 13.7. The summed E-state index contributed by atoms with van der Waals surface area (Å²) in [6.07, 6.45) is 0.0454. The summed E-state index contributed by atoms with van der Waals surface area (Å²) in [5, 5.41) is 1.02. The van der Waals surface area contributed by atoms with E-state index in [1.807, 2.05) is 71.0 Å². The standard InChI is InChI=1S/C26H24N2O4S/c1-13(2)31-18-9-7-17(8-10-18)22-21-23(29)19-12-14(3)6-11-20(19)32-24(21)25(30)28(22)26-27-15(4)16(5)33-26/h6-13,22H,1-5H3/t22-/m0/s1. The van der Waals surface area contributed by atoms with Crippen molar-refractivity contribution in [3.63, 3.8) is 0 Å². The van der Waals surface area contributed by atoms with Gasteiger partial charge in [-0.1, -0.05) is 23.8 Å². The lowest BCUT2D eigenvalue weighted by Crippen LogP contribution is -2.29. The molecular formula is C26H24N2O4S. The van der Waals surface area contributed by atoms with E-state index in [1.54, 1.807) is 11.0 Å². The van der Waals surface area contributed by atoms with Crippen LogP contribution in [-0.4, -0.2) is 17.0 Å². The smallest absolute Gasteiger partial charge is 0.297 e. The molecule has 0 N–H and O–H groups in total. The van der Waals surface area contributed by atoms with Gasteiger partial charge in [0.05, 0.1) is 28.8 Å². The molecule has 0 fully saturated rings. The van der Waals surface area contributed by atoms with Crippen molar-refractivity contribution < 1.29 is 13.9 Å². The van der Waals surface area contributed by atoms with Crippen molar-refractivity contribution in [3.8, 4) is 5.75 Å². The van der Waals surface area contributed by atoms with Gasteiger partial charge in [0.15, 0.2) is 10.6 Å². The molecule has 4 aromatic rings. The fraction of sp³-hybridized carbons (Fsp3) is 0.269. The fourth-order valence-electron chi connectivity index (χ4n) is 4.16. The number of carbonyl (C=O) groups is 1. The van der Waals surface area contributed by atoms with Crippen LogP contribution >= 0.6 is 11.3 Å². The van der Waals surface area contributed by atoms with E-state index in [0.717, 1.165) is 27.4 Å². The molecule has 168 valence electrons. The van der Waals surface area contributed by atoms with E-state index in [4.69, 9.17) is 9.15 Å². The highest BCUT2D eigenvalue weighted by Gasteiger charge is 2.45. The zero-order valence-electron chi connectivity index (χ0n) is 19.1. The largest absolute Gasteiger partial charge is 0.491 e. The maximum atomic E-state index is 13.7. The Balaban J connectivity index is 1.74. The topological polar surface area (TPSA) is 72.6 Å². The van der Waals surface area contributed by atoms with Crippen molar-refractivity contribution in [3.05, 3.63) is 85.7 Å². The molecule has 0 saturated carbocycles. The van der Waals surface area contributed by atoms with Crippen LogP contribution in [0.3, 0.4) is 0 Å². The molecular weight excluding hydrogens is 436 g/mol. The number of anilines is 1. The summed E-state index contributed by atoms with van der Waals surface area (Å²) in [7, 11) is 0. The first-order chi connectivity index (χ1) is 15.7. The highest BCUT2D eigenvalue weighted by Crippen LogP contribution is 2.43. The van der Waals surface area contributed by atoms with Gasteiger partial charge in [0.25, 0.3) is 5.91 Å². The minimum atomic E-state index is -0.633. The Morgan fingerprint density at radius 2 is 1.79 bits per heavy atom. The predicted molar refractivity (Wildman–Crippen MR) is 130 cm³/mol. The number of hydrogen-bond donors (Lipinski definition) is 0.